The fourth-order valence-corrected chi connectivity index (χ4v) is 1.53. The van der Waals surface area contributed by atoms with Crippen molar-refractivity contribution in [2.75, 3.05) is 0 Å². The number of aliphatic carboxylic acids is 1. The molecule has 2 rings (SSSR count). The second kappa shape index (κ2) is 5.27. The van der Waals surface area contributed by atoms with Gasteiger partial charge in [-0.05, 0) is 5.56 Å². The minimum atomic E-state index is -0.921. The standard InChI is InChI=1S/C12H12N2O3/c15-12(16)11(9-4-2-1-3-5-9)13-8-10-6-7-14-17-10/h1-7,11,13H,8H2,(H,15,16). The van der Waals surface area contributed by atoms with E-state index in [0.29, 0.717) is 17.9 Å². The second-order valence-electron chi connectivity index (χ2n) is 3.54. The van der Waals surface area contributed by atoms with Crippen molar-refractivity contribution in [3.8, 4) is 0 Å². The Kier molecular flexibility index (Phi) is 3.52. The molecule has 1 aromatic carbocycles. The number of carbonyl (C=O) groups is 1. The third-order valence-electron chi connectivity index (χ3n) is 2.35. The highest BCUT2D eigenvalue weighted by atomic mass is 16.5. The van der Waals surface area contributed by atoms with Gasteiger partial charge in [-0.1, -0.05) is 35.5 Å². The van der Waals surface area contributed by atoms with E-state index in [2.05, 4.69) is 10.5 Å². The molecule has 0 saturated carbocycles. The first-order valence-corrected chi connectivity index (χ1v) is 5.18. The molecule has 2 aromatic rings. The van der Waals surface area contributed by atoms with Crippen LogP contribution < -0.4 is 5.32 Å². The van der Waals surface area contributed by atoms with Crippen molar-refractivity contribution in [2.24, 2.45) is 0 Å². The van der Waals surface area contributed by atoms with Crippen LogP contribution in [0.3, 0.4) is 0 Å². The monoisotopic (exact) mass is 232 g/mol. The molecule has 0 bridgehead atoms. The van der Waals surface area contributed by atoms with Crippen molar-refractivity contribution in [3.63, 3.8) is 0 Å². The van der Waals surface area contributed by atoms with E-state index in [9.17, 15) is 4.79 Å². The molecular formula is C12H12N2O3. The summed E-state index contributed by atoms with van der Waals surface area (Å²) in [5.41, 5.74) is 0.708. The van der Waals surface area contributed by atoms with Crippen molar-refractivity contribution >= 4 is 5.97 Å². The SMILES string of the molecule is O=C(O)C(NCc1ccno1)c1ccccc1. The Morgan fingerprint density at radius 1 is 1.35 bits per heavy atom. The van der Waals surface area contributed by atoms with Crippen LogP contribution in [-0.2, 0) is 11.3 Å². The predicted molar refractivity (Wildman–Crippen MR) is 60.2 cm³/mol. The molecule has 0 spiro atoms. The lowest BCUT2D eigenvalue weighted by atomic mass is 10.1. The molecule has 1 heterocycles. The maximum atomic E-state index is 11.2. The number of hydrogen-bond acceptors (Lipinski definition) is 4. The molecule has 2 N–H and O–H groups in total. The lowest BCUT2D eigenvalue weighted by Crippen LogP contribution is -2.27. The van der Waals surface area contributed by atoms with Crippen LogP contribution >= 0.6 is 0 Å². The zero-order valence-corrected chi connectivity index (χ0v) is 9.04. The van der Waals surface area contributed by atoms with E-state index in [1.807, 2.05) is 6.07 Å². The van der Waals surface area contributed by atoms with Gasteiger partial charge in [0.15, 0.2) is 0 Å². The van der Waals surface area contributed by atoms with Crippen molar-refractivity contribution in [1.82, 2.24) is 10.5 Å². The molecule has 0 saturated heterocycles. The van der Waals surface area contributed by atoms with E-state index in [4.69, 9.17) is 9.63 Å². The molecule has 0 aliphatic rings. The summed E-state index contributed by atoms with van der Waals surface area (Å²) in [4.78, 5) is 11.2. The molecule has 0 radical (unpaired) electrons. The molecule has 0 aliphatic heterocycles. The molecule has 0 amide bonds. The van der Waals surface area contributed by atoms with E-state index in [1.165, 1.54) is 6.20 Å². The molecule has 5 heteroatoms. The minimum Gasteiger partial charge on any atom is -0.480 e. The maximum Gasteiger partial charge on any atom is 0.325 e. The largest absolute Gasteiger partial charge is 0.480 e. The van der Waals surface area contributed by atoms with E-state index in [1.54, 1.807) is 30.3 Å². The number of rotatable bonds is 5. The first kappa shape index (κ1) is 11.3. The number of carboxylic acid groups (broad SMARTS) is 1. The number of aromatic nitrogens is 1. The van der Waals surface area contributed by atoms with Crippen LogP contribution in [0.25, 0.3) is 0 Å². The van der Waals surface area contributed by atoms with Crippen molar-refractivity contribution in [1.29, 1.82) is 0 Å². The minimum absolute atomic E-state index is 0.325. The lowest BCUT2D eigenvalue weighted by Gasteiger charge is -2.13. The van der Waals surface area contributed by atoms with Crippen molar-refractivity contribution < 1.29 is 14.4 Å². The van der Waals surface area contributed by atoms with Gasteiger partial charge in [-0.15, -0.1) is 0 Å². The zero-order valence-electron chi connectivity index (χ0n) is 9.04. The zero-order chi connectivity index (χ0) is 12.1. The third-order valence-corrected chi connectivity index (χ3v) is 2.35. The molecule has 88 valence electrons. The fourth-order valence-electron chi connectivity index (χ4n) is 1.53. The summed E-state index contributed by atoms with van der Waals surface area (Å²) in [5, 5.41) is 15.6. The number of carboxylic acids is 1. The fraction of sp³-hybridized carbons (Fsp3) is 0.167. The molecule has 0 aliphatic carbocycles. The van der Waals surface area contributed by atoms with E-state index < -0.39 is 12.0 Å². The smallest absolute Gasteiger partial charge is 0.325 e. The Balaban J connectivity index is 2.06. The first-order chi connectivity index (χ1) is 8.27. The van der Waals surface area contributed by atoms with Gasteiger partial charge in [0.2, 0.25) is 0 Å². The number of nitrogens with zero attached hydrogens (tertiary/aromatic N) is 1. The summed E-state index contributed by atoms with van der Waals surface area (Å²) in [6.45, 7) is 0.325. The molecule has 1 aromatic heterocycles. The molecule has 17 heavy (non-hydrogen) atoms. The topological polar surface area (TPSA) is 75.4 Å². The average Bonchev–Trinajstić information content (AvgIpc) is 2.83. The summed E-state index contributed by atoms with van der Waals surface area (Å²) in [6.07, 6.45) is 1.52. The summed E-state index contributed by atoms with van der Waals surface area (Å²) >= 11 is 0. The van der Waals surface area contributed by atoms with Gasteiger partial charge in [-0.3, -0.25) is 10.1 Å². The quantitative estimate of drug-likeness (QED) is 0.818. The van der Waals surface area contributed by atoms with E-state index in [0.717, 1.165) is 0 Å². The van der Waals surface area contributed by atoms with Crippen LogP contribution in [-0.4, -0.2) is 16.2 Å². The second-order valence-corrected chi connectivity index (χ2v) is 3.54. The Morgan fingerprint density at radius 2 is 2.12 bits per heavy atom. The van der Waals surface area contributed by atoms with Gasteiger partial charge < -0.3 is 9.63 Å². The van der Waals surface area contributed by atoms with Gasteiger partial charge in [0.25, 0.3) is 0 Å². The van der Waals surface area contributed by atoms with Crippen LogP contribution in [0.4, 0.5) is 0 Å². The highest BCUT2D eigenvalue weighted by Gasteiger charge is 2.18. The lowest BCUT2D eigenvalue weighted by molar-refractivity contribution is -0.139. The average molecular weight is 232 g/mol. The van der Waals surface area contributed by atoms with Crippen LogP contribution in [0.2, 0.25) is 0 Å². The van der Waals surface area contributed by atoms with Crippen LogP contribution in [0.1, 0.15) is 17.4 Å². The van der Waals surface area contributed by atoms with Gasteiger partial charge in [-0.2, -0.15) is 0 Å². The summed E-state index contributed by atoms with van der Waals surface area (Å²) in [6, 6.07) is 9.94. The highest BCUT2D eigenvalue weighted by molar-refractivity contribution is 5.75. The molecule has 5 nitrogen and oxygen atoms in total. The van der Waals surface area contributed by atoms with Crippen LogP contribution in [0.5, 0.6) is 0 Å². The molecular weight excluding hydrogens is 220 g/mol. The molecule has 0 fully saturated rings. The first-order valence-electron chi connectivity index (χ1n) is 5.18. The number of benzene rings is 1. The highest BCUT2D eigenvalue weighted by Crippen LogP contribution is 2.13. The van der Waals surface area contributed by atoms with Gasteiger partial charge >= 0.3 is 5.97 Å². The predicted octanol–water partition coefficient (Wildman–Crippen LogP) is 1.59. The van der Waals surface area contributed by atoms with Crippen LogP contribution in [0, 0.1) is 0 Å². The number of nitrogens with one attached hydrogen (secondary N) is 1. The summed E-state index contributed by atoms with van der Waals surface area (Å²) in [5.74, 6) is -0.317. The summed E-state index contributed by atoms with van der Waals surface area (Å²) < 4.78 is 4.89. The Morgan fingerprint density at radius 3 is 2.71 bits per heavy atom. The Hall–Kier alpha value is -2.14. The van der Waals surface area contributed by atoms with Crippen LogP contribution in [0.15, 0.2) is 47.1 Å². The van der Waals surface area contributed by atoms with Crippen molar-refractivity contribution in [3.05, 3.63) is 53.9 Å². The Bertz CT molecular complexity index is 468. The maximum absolute atomic E-state index is 11.2. The number of hydrogen-bond donors (Lipinski definition) is 2. The Labute approximate surface area is 98.1 Å². The van der Waals surface area contributed by atoms with Gasteiger partial charge in [-0.25, -0.2) is 0 Å². The normalized spacial score (nSPS) is 12.2. The summed E-state index contributed by atoms with van der Waals surface area (Å²) in [7, 11) is 0. The van der Waals surface area contributed by atoms with Gasteiger partial charge in [0, 0.05) is 6.07 Å². The van der Waals surface area contributed by atoms with E-state index in [-0.39, 0.29) is 0 Å². The molecule has 1 atom stereocenters. The van der Waals surface area contributed by atoms with E-state index >= 15 is 0 Å². The van der Waals surface area contributed by atoms with Gasteiger partial charge in [0.05, 0.1) is 12.7 Å². The molecule has 1 unspecified atom stereocenters. The van der Waals surface area contributed by atoms with Gasteiger partial charge in [0.1, 0.15) is 11.8 Å². The van der Waals surface area contributed by atoms with Crippen molar-refractivity contribution in [2.45, 2.75) is 12.6 Å². The third kappa shape index (κ3) is 2.92.